The molecule has 0 amide bonds. The van der Waals surface area contributed by atoms with Crippen molar-refractivity contribution in [1.29, 1.82) is 0 Å². The average molecular weight is 288 g/mol. The van der Waals surface area contributed by atoms with Gasteiger partial charge in [0.25, 0.3) is 5.56 Å². The van der Waals surface area contributed by atoms with E-state index in [4.69, 9.17) is 22.7 Å². The number of hydrogen-bond acceptors (Lipinski definition) is 3. The molecule has 2 aromatic rings. The van der Waals surface area contributed by atoms with Crippen molar-refractivity contribution in [3.05, 3.63) is 58.4 Å². The normalized spacial score (nSPS) is 10.4. The molecule has 0 aliphatic rings. The third kappa shape index (κ3) is 2.95. The predicted octanol–water partition coefficient (Wildman–Crippen LogP) is 1.80. The zero-order valence-electron chi connectivity index (χ0n) is 11.2. The van der Waals surface area contributed by atoms with E-state index in [-0.39, 0.29) is 10.5 Å². The Kier molecular flexibility index (Phi) is 4.65. The fraction of sp³-hybridized carbons (Fsp3) is 0.200. The van der Waals surface area contributed by atoms with Crippen molar-refractivity contribution in [2.45, 2.75) is 6.54 Å². The van der Waals surface area contributed by atoms with Crippen LogP contribution in [0, 0.1) is 0 Å². The zero-order valence-corrected chi connectivity index (χ0v) is 12.0. The van der Waals surface area contributed by atoms with E-state index in [0.717, 1.165) is 11.3 Å². The molecule has 4 nitrogen and oxygen atoms in total. The molecule has 0 unspecified atom stereocenters. The Bertz CT molecular complexity index is 665. The Balaban J connectivity index is 2.60. The lowest BCUT2D eigenvalue weighted by Crippen LogP contribution is -2.31. The maximum atomic E-state index is 12.5. The summed E-state index contributed by atoms with van der Waals surface area (Å²) in [7, 11) is 1.60. The number of nitrogens with zero attached hydrogens (tertiary/aromatic N) is 1. The molecule has 0 bridgehead atoms. The summed E-state index contributed by atoms with van der Waals surface area (Å²) in [4.78, 5) is 12.6. The number of methoxy groups -OCH3 is 1. The van der Waals surface area contributed by atoms with Gasteiger partial charge in [0.1, 0.15) is 4.99 Å². The Labute approximate surface area is 122 Å². The van der Waals surface area contributed by atoms with Crippen LogP contribution in [0.5, 0.6) is 0 Å². The largest absolute Gasteiger partial charge is 0.389 e. The summed E-state index contributed by atoms with van der Waals surface area (Å²) in [6.45, 7) is 0.899. The molecule has 0 saturated heterocycles. The smallest absolute Gasteiger partial charge is 0.261 e. The lowest BCUT2D eigenvalue weighted by atomic mass is 10.1. The van der Waals surface area contributed by atoms with Crippen LogP contribution < -0.4 is 11.3 Å². The SMILES string of the molecule is COCCn1c(-c2ccccc2)ccc(C(N)=S)c1=O. The van der Waals surface area contributed by atoms with Crippen LogP contribution in [0.1, 0.15) is 5.56 Å². The Morgan fingerprint density at radius 2 is 1.95 bits per heavy atom. The highest BCUT2D eigenvalue weighted by Crippen LogP contribution is 2.17. The van der Waals surface area contributed by atoms with Gasteiger partial charge in [0, 0.05) is 13.7 Å². The highest BCUT2D eigenvalue weighted by molar-refractivity contribution is 7.80. The molecule has 2 rings (SSSR count). The second kappa shape index (κ2) is 6.45. The molecule has 0 aliphatic heterocycles. The van der Waals surface area contributed by atoms with Gasteiger partial charge in [-0.15, -0.1) is 0 Å². The number of ether oxygens (including phenoxy) is 1. The van der Waals surface area contributed by atoms with Crippen molar-refractivity contribution in [2.75, 3.05) is 13.7 Å². The third-order valence-corrected chi connectivity index (χ3v) is 3.25. The number of hydrogen-bond donors (Lipinski definition) is 1. The Hall–Kier alpha value is -1.98. The summed E-state index contributed by atoms with van der Waals surface area (Å²) in [6.07, 6.45) is 0. The highest BCUT2D eigenvalue weighted by atomic mass is 32.1. The van der Waals surface area contributed by atoms with Gasteiger partial charge in [-0.2, -0.15) is 0 Å². The van der Waals surface area contributed by atoms with E-state index in [0.29, 0.717) is 18.7 Å². The van der Waals surface area contributed by atoms with Crippen LogP contribution in [0.25, 0.3) is 11.3 Å². The highest BCUT2D eigenvalue weighted by Gasteiger charge is 2.11. The van der Waals surface area contributed by atoms with E-state index in [1.54, 1.807) is 17.7 Å². The molecule has 0 aliphatic carbocycles. The summed E-state index contributed by atoms with van der Waals surface area (Å²) < 4.78 is 6.71. The molecular formula is C15H16N2O2S. The van der Waals surface area contributed by atoms with Crippen molar-refractivity contribution in [3.63, 3.8) is 0 Å². The van der Waals surface area contributed by atoms with Gasteiger partial charge >= 0.3 is 0 Å². The van der Waals surface area contributed by atoms with Crippen molar-refractivity contribution in [3.8, 4) is 11.3 Å². The van der Waals surface area contributed by atoms with Gasteiger partial charge in [0.2, 0.25) is 0 Å². The zero-order chi connectivity index (χ0) is 14.5. The van der Waals surface area contributed by atoms with Crippen LogP contribution in [0.3, 0.4) is 0 Å². The van der Waals surface area contributed by atoms with Crippen LogP contribution in [0.2, 0.25) is 0 Å². The van der Waals surface area contributed by atoms with Gasteiger partial charge in [-0.05, 0) is 17.7 Å². The van der Waals surface area contributed by atoms with E-state index in [1.807, 2.05) is 36.4 Å². The van der Waals surface area contributed by atoms with Gasteiger partial charge < -0.3 is 15.0 Å². The second-order valence-electron chi connectivity index (χ2n) is 4.31. The first kappa shape index (κ1) is 14.4. The van der Waals surface area contributed by atoms with Gasteiger partial charge in [-0.3, -0.25) is 4.79 Å². The topological polar surface area (TPSA) is 57.2 Å². The number of rotatable bonds is 5. The van der Waals surface area contributed by atoms with Crippen LogP contribution in [0.4, 0.5) is 0 Å². The number of pyridine rings is 1. The van der Waals surface area contributed by atoms with Crippen molar-refractivity contribution in [2.24, 2.45) is 5.73 Å². The number of thiocarbonyl (C=S) groups is 1. The second-order valence-corrected chi connectivity index (χ2v) is 4.75. The lowest BCUT2D eigenvalue weighted by molar-refractivity contribution is 0.186. The van der Waals surface area contributed by atoms with Crippen LogP contribution in [-0.2, 0) is 11.3 Å². The maximum absolute atomic E-state index is 12.5. The maximum Gasteiger partial charge on any atom is 0.261 e. The van der Waals surface area contributed by atoms with E-state index in [9.17, 15) is 4.79 Å². The summed E-state index contributed by atoms with van der Waals surface area (Å²) >= 11 is 4.91. The summed E-state index contributed by atoms with van der Waals surface area (Å²) in [6, 6.07) is 13.3. The molecule has 0 spiro atoms. The molecule has 1 aromatic heterocycles. The van der Waals surface area contributed by atoms with Gasteiger partial charge in [-0.25, -0.2) is 0 Å². The molecule has 0 fully saturated rings. The minimum atomic E-state index is -0.184. The van der Waals surface area contributed by atoms with Gasteiger partial charge in [-0.1, -0.05) is 42.5 Å². The Morgan fingerprint density at radius 3 is 2.55 bits per heavy atom. The number of aromatic nitrogens is 1. The first-order valence-corrected chi connectivity index (χ1v) is 6.64. The van der Waals surface area contributed by atoms with Crippen molar-refractivity contribution in [1.82, 2.24) is 4.57 Å². The quantitative estimate of drug-likeness (QED) is 0.852. The molecule has 0 atom stereocenters. The van der Waals surface area contributed by atoms with Crippen molar-refractivity contribution < 1.29 is 4.74 Å². The summed E-state index contributed by atoms with van der Waals surface area (Å²) in [5.74, 6) is 0. The monoisotopic (exact) mass is 288 g/mol. The fourth-order valence-corrected chi connectivity index (χ4v) is 2.19. The van der Waals surface area contributed by atoms with E-state index in [2.05, 4.69) is 0 Å². The predicted molar refractivity (Wildman–Crippen MR) is 83.9 cm³/mol. The van der Waals surface area contributed by atoms with E-state index >= 15 is 0 Å². The first-order chi connectivity index (χ1) is 9.65. The molecule has 1 aromatic carbocycles. The molecule has 1 heterocycles. The molecule has 0 saturated carbocycles. The fourth-order valence-electron chi connectivity index (χ4n) is 2.03. The number of nitrogens with two attached hydrogens (primary N) is 1. The standard InChI is InChI=1S/C15H16N2O2S/c1-19-10-9-17-13(11-5-3-2-4-6-11)8-7-12(14(16)20)15(17)18/h2-8H,9-10H2,1H3,(H2,16,20). The molecule has 0 radical (unpaired) electrons. The van der Waals surface area contributed by atoms with Crippen LogP contribution in [0.15, 0.2) is 47.3 Å². The van der Waals surface area contributed by atoms with Gasteiger partial charge in [0.15, 0.2) is 0 Å². The lowest BCUT2D eigenvalue weighted by Gasteiger charge is -2.14. The molecular weight excluding hydrogens is 272 g/mol. The summed E-state index contributed by atoms with van der Waals surface area (Å²) in [5, 5.41) is 0. The van der Waals surface area contributed by atoms with Crippen LogP contribution in [-0.4, -0.2) is 23.3 Å². The summed E-state index contributed by atoms with van der Waals surface area (Å²) in [5.41, 5.74) is 7.55. The molecule has 2 N–H and O–H groups in total. The first-order valence-electron chi connectivity index (χ1n) is 6.23. The van der Waals surface area contributed by atoms with E-state index in [1.165, 1.54) is 0 Å². The molecule has 104 valence electrons. The molecule has 5 heteroatoms. The minimum absolute atomic E-state index is 0.112. The minimum Gasteiger partial charge on any atom is -0.389 e. The van der Waals surface area contributed by atoms with Gasteiger partial charge in [0.05, 0.1) is 17.9 Å². The van der Waals surface area contributed by atoms with Crippen LogP contribution >= 0.6 is 12.2 Å². The van der Waals surface area contributed by atoms with Crippen molar-refractivity contribution >= 4 is 17.2 Å². The molecule has 20 heavy (non-hydrogen) atoms. The van der Waals surface area contributed by atoms with E-state index < -0.39 is 0 Å². The third-order valence-electron chi connectivity index (χ3n) is 3.03. The Morgan fingerprint density at radius 1 is 1.25 bits per heavy atom. The average Bonchev–Trinajstić information content (AvgIpc) is 2.46. The number of benzene rings is 1.